The van der Waals surface area contributed by atoms with Crippen molar-refractivity contribution in [3.05, 3.63) is 68.7 Å². The van der Waals surface area contributed by atoms with Crippen LogP contribution < -0.4 is 11.1 Å². The summed E-state index contributed by atoms with van der Waals surface area (Å²) in [6.07, 6.45) is 0. The van der Waals surface area contributed by atoms with Gasteiger partial charge in [-0.1, -0.05) is 29.8 Å². The average Bonchev–Trinajstić information content (AvgIpc) is 3.48. The second-order valence-electron chi connectivity index (χ2n) is 6.40. The molecule has 1 amide bonds. The van der Waals surface area contributed by atoms with Crippen LogP contribution in [0.25, 0.3) is 21.6 Å². The summed E-state index contributed by atoms with van der Waals surface area (Å²) in [4.78, 5) is 26.9. The van der Waals surface area contributed by atoms with E-state index in [-0.39, 0.29) is 12.5 Å². The Bertz CT molecular complexity index is 1230. The minimum Gasteiger partial charge on any atom is -0.462 e. The number of hydrogen-bond donors (Lipinski definition) is 2. The molecule has 0 aliphatic heterocycles. The van der Waals surface area contributed by atoms with Crippen LogP contribution in [-0.4, -0.2) is 18.5 Å². The predicted octanol–water partition coefficient (Wildman–Crippen LogP) is 6.87. The average molecular weight is 489 g/mol. The Balaban J connectivity index is 1.71. The number of nitrogens with two attached hydrogens (primary N) is 1. The molecule has 0 bridgehead atoms. The van der Waals surface area contributed by atoms with E-state index in [0.29, 0.717) is 31.7 Å². The summed E-state index contributed by atoms with van der Waals surface area (Å²) in [5.41, 5.74) is 9.14. The molecule has 0 atom stereocenters. The topological polar surface area (TPSA) is 81.4 Å². The SMILES string of the molecule is CCOC(=O)c1c(-c2cccs2)csc1NC(=O)c1c(-c2ccc(Cl)cc2)csc1N. The molecule has 0 radical (unpaired) electrons. The molecule has 1 aromatic carbocycles. The standard InChI is InChI=1S/C22H17ClN2O3S3/c1-2-28-22(27)18-15(16-4-3-9-29-16)11-31-21(18)25-20(26)17-14(10-30-19(17)24)12-5-7-13(23)8-6-12/h3-11H,2,24H2,1H3,(H,25,26). The fourth-order valence-electron chi connectivity index (χ4n) is 3.08. The molecule has 158 valence electrons. The van der Waals surface area contributed by atoms with Crippen LogP contribution in [0, 0.1) is 0 Å². The van der Waals surface area contributed by atoms with Crippen LogP contribution in [0.15, 0.2) is 52.5 Å². The third-order valence-corrected chi connectivity index (χ3v) is 7.35. The monoisotopic (exact) mass is 488 g/mol. The molecule has 3 N–H and O–H groups in total. The first-order valence-corrected chi connectivity index (χ1v) is 12.3. The van der Waals surface area contributed by atoms with Crippen LogP contribution in [-0.2, 0) is 4.74 Å². The molecule has 0 unspecified atom stereocenters. The van der Waals surface area contributed by atoms with Gasteiger partial charge in [0.25, 0.3) is 5.91 Å². The van der Waals surface area contributed by atoms with E-state index in [4.69, 9.17) is 22.1 Å². The van der Waals surface area contributed by atoms with Crippen LogP contribution in [0.2, 0.25) is 5.02 Å². The molecule has 5 nitrogen and oxygen atoms in total. The number of ether oxygens (including phenoxy) is 1. The van der Waals surface area contributed by atoms with Crippen molar-refractivity contribution in [2.45, 2.75) is 6.92 Å². The lowest BCUT2D eigenvalue weighted by atomic mass is 10.0. The van der Waals surface area contributed by atoms with E-state index in [9.17, 15) is 9.59 Å². The number of benzene rings is 1. The molecule has 0 spiro atoms. The number of amides is 1. The van der Waals surface area contributed by atoms with Crippen molar-refractivity contribution in [2.24, 2.45) is 0 Å². The highest BCUT2D eigenvalue weighted by atomic mass is 35.5. The van der Waals surface area contributed by atoms with Gasteiger partial charge in [-0.15, -0.1) is 34.0 Å². The first kappa shape index (κ1) is 21.6. The number of nitrogen functional groups attached to an aromatic ring is 1. The maximum absolute atomic E-state index is 13.2. The lowest BCUT2D eigenvalue weighted by molar-refractivity contribution is 0.0529. The van der Waals surface area contributed by atoms with Crippen LogP contribution in [0.1, 0.15) is 27.6 Å². The Morgan fingerprint density at radius 2 is 1.77 bits per heavy atom. The molecule has 0 aliphatic rings. The van der Waals surface area contributed by atoms with Gasteiger partial charge in [0.05, 0.1) is 17.2 Å². The van der Waals surface area contributed by atoms with Gasteiger partial charge in [0.1, 0.15) is 10.6 Å². The lowest BCUT2D eigenvalue weighted by Gasteiger charge is -2.10. The maximum Gasteiger partial charge on any atom is 0.341 e. The van der Waals surface area contributed by atoms with Crippen LogP contribution >= 0.6 is 45.6 Å². The van der Waals surface area contributed by atoms with Crippen molar-refractivity contribution < 1.29 is 14.3 Å². The van der Waals surface area contributed by atoms with Crippen molar-refractivity contribution in [3.63, 3.8) is 0 Å². The Kier molecular flexibility index (Phi) is 6.43. The summed E-state index contributed by atoms with van der Waals surface area (Å²) in [5.74, 6) is -0.854. The van der Waals surface area contributed by atoms with Crippen molar-refractivity contribution in [1.82, 2.24) is 0 Å². The summed E-state index contributed by atoms with van der Waals surface area (Å²) in [6, 6.07) is 11.0. The second kappa shape index (κ2) is 9.23. The van der Waals surface area contributed by atoms with E-state index in [0.717, 1.165) is 16.0 Å². The number of thiophene rings is 3. The zero-order valence-electron chi connectivity index (χ0n) is 16.3. The number of nitrogens with one attached hydrogen (secondary N) is 1. The Hall–Kier alpha value is -2.65. The smallest absolute Gasteiger partial charge is 0.341 e. The van der Waals surface area contributed by atoms with Crippen molar-refractivity contribution in [3.8, 4) is 21.6 Å². The highest BCUT2D eigenvalue weighted by Crippen LogP contribution is 2.40. The highest BCUT2D eigenvalue weighted by Gasteiger charge is 2.26. The molecule has 4 rings (SSSR count). The number of carbonyl (C=O) groups excluding carboxylic acids is 2. The molecule has 4 aromatic rings. The predicted molar refractivity (Wildman–Crippen MR) is 131 cm³/mol. The zero-order valence-corrected chi connectivity index (χ0v) is 19.5. The van der Waals surface area contributed by atoms with Gasteiger partial charge in [0.15, 0.2) is 0 Å². The quantitative estimate of drug-likeness (QED) is 0.290. The van der Waals surface area contributed by atoms with Gasteiger partial charge in [-0.2, -0.15) is 0 Å². The first-order valence-electron chi connectivity index (χ1n) is 9.26. The fourth-order valence-corrected chi connectivity index (χ4v) is 5.80. The van der Waals surface area contributed by atoms with E-state index in [1.54, 1.807) is 19.1 Å². The van der Waals surface area contributed by atoms with Gasteiger partial charge >= 0.3 is 5.97 Å². The van der Waals surface area contributed by atoms with Crippen LogP contribution in [0.3, 0.4) is 0 Å². The normalized spacial score (nSPS) is 10.8. The molecular formula is C22H17ClN2O3S3. The number of anilines is 2. The van der Waals surface area contributed by atoms with Crippen molar-refractivity contribution in [1.29, 1.82) is 0 Å². The minimum atomic E-state index is -0.473. The highest BCUT2D eigenvalue weighted by molar-refractivity contribution is 7.17. The third-order valence-electron chi connectivity index (χ3n) is 4.49. The van der Waals surface area contributed by atoms with E-state index < -0.39 is 5.97 Å². The van der Waals surface area contributed by atoms with Gasteiger partial charge in [-0.05, 0) is 36.1 Å². The van der Waals surface area contributed by atoms with Crippen LogP contribution in [0.5, 0.6) is 0 Å². The molecule has 0 aliphatic carbocycles. The minimum absolute atomic E-state index is 0.240. The number of hydrogen-bond acceptors (Lipinski definition) is 7. The summed E-state index contributed by atoms with van der Waals surface area (Å²) < 4.78 is 5.25. The number of halogens is 1. The van der Waals surface area contributed by atoms with Gasteiger partial charge in [0.2, 0.25) is 0 Å². The fraction of sp³-hybridized carbons (Fsp3) is 0.0909. The molecule has 9 heteroatoms. The van der Waals surface area contributed by atoms with Crippen molar-refractivity contribution >= 4 is 67.5 Å². The van der Waals surface area contributed by atoms with E-state index in [2.05, 4.69) is 5.32 Å². The summed E-state index contributed by atoms with van der Waals surface area (Å²) in [5, 5.41) is 9.94. The molecular weight excluding hydrogens is 472 g/mol. The van der Waals surface area contributed by atoms with Crippen LogP contribution in [0.4, 0.5) is 10.0 Å². The lowest BCUT2D eigenvalue weighted by Crippen LogP contribution is -2.16. The summed E-state index contributed by atoms with van der Waals surface area (Å²) in [6.45, 7) is 1.99. The van der Waals surface area contributed by atoms with E-state index >= 15 is 0 Å². The molecule has 0 saturated heterocycles. The van der Waals surface area contributed by atoms with E-state index in [1.807, 2.05) is 40.4 Å². The zero-order chi connectivity index (χ0) is 22.0. The van der Waals surface area contributed by atoms with Crippen molar-refractivity contribution in [2.75, 3.05) is 17.7 Å². The summed E-state index contributed by atoms with van der Waals surface area (Å²) >= 11 is 10.1. The molecule has 31 heavy (non-hydrogen) atoms. The molecule has 3 heterocycles. The first-order chi connectivity index (χ1) is 15.0. The maximum atomic E-state index is 13.2. The van der Waals surface area contributed by atoms with Gasteiger partial charge in [-0.3, -0.25) is 4.79 Å². The van der Waals surface area contributed by atoms with Gasteiger partial charge < -0.3 is 15.8 Å². The Labute approximate surface area is 196 Å². The third kappa shape index (κ3) is 4.38. The molecule has 0 saturated carbocycles. The molecule has 0 fully saturated rings. The number of carbonyl (C=O) groups is 2. The Morgan fingerprint density at radius 1 is 1.03 bits per heavy atom. The number of esters is 1. The Morgan fingerprint density at radius 3 is 2.45 bits per heavy atom. The largest absolute Gasteiger partial charge is 0.462 e. The number of rotatable bonds is 6. The van der Waals surface area contributed by atoms with Gasteiger partial charge in [-0.25, -0.2) is 4.79 Å². The second-order valence-corrected chi connectivity index (χ2v) is 9.58. The van der Waals surface area contributed by atoms with Gasteiger partial charge in [0, 0.05) is 31.8 Å². The summed E-state index contributed by atoms with van der Waals surface area (Å²) in [7, 11) is 0. The van der Waals surface area contributed by atoms with E-state index in [1.165, 1.54) is 34.0 Å². The molecule has 3 aromatic heterocycles.